The molecule has 0 saturated carbocycles. The van der Waals surface area contributed by atoms with Crippen LogP contribution in [0.15, 0.2) is 53.6 Å². The summed E-state index contributed by atoms with van der Waals surface area (Å²) in [5.74, 6) is 0.00478. The fourth-order valence-electron chi connectivity index (χ4n) is 3.35. The Morgan fingerprint density at radius 3 is 2.20 bits per heavy atom. The molecular weight excluding hydrogens is 382 g/mol. The molecule has 0 atom stereocenters. The molecule has 0 radical (unpaired) electrons. The number of nitrogens with one attached hydrogen (secondary N) is 2. The highest BCUT2D eigenvalue weighted by Gasteiger charge is 2.28. The number of amides is 2. The van der Waals surface area contributed by atoms with Crippen LogP contribution in [0, 0.1) is 0 Å². The minimum absolute atomic E-state index is 0.00478. The number of alkyl carbamates (subject to hydrolysis) is 1. The molecule has 2 aromatic rings. The zero-order chi connectivity index (χ0) is 21.6. The minimum Gasteiger partial charge on any atom is -0.447 e. The molecule has 0 saturated heterocycles. The predicted molar refractivity (Wildman–Crippen MR) is 116 cm³/mol. The summed E-state index contributed by atoms with van der Waals surface area (Å²) in [6.07, 6.45) is 0.843. The van der Waals surface area contributed by atoms with Crippen molar-refractivity contribution >= 4 is 18.4 Å². The van der Waals surface area contributed by atoms with Gasteiger partial charge in [-0.05, 0) is 43.0 Å². The molecule has 0 spiro atoms. The molecule has 0 aliphatic heterocycles. The van der Waals surface area contributed by atoms with Gasteiger partial charge < -0.3 is 14.8 Å². The van der Waals surface area contributed by atoms with E-state index in [1.54, 1.807) is 20.8 Å². The minimum atomic E-state index is -0.617. The Balaban J connectivity index is 1.42. The normalized spacial score (nSPS) is 12.9. The van der Waals surface area contributed by atoms with Gasteiger partial charge >= 0.3 is 12.2 Å². The number of hydrogen-bond acceptors (Lipinski definition) is 5. The molecule has 30 heavy (non-hydrogen) atoms. The van der Waals surface area contributed by atoms with Gasteiger partial charge in [-0.2, -0.15) is 5.10 Å². The number of nitrogens with zero attached hydrogens (tertiary/aromatic N) is 1. The number of ether oxygens (including phenoxy) is 2. The van der Waals surface area contributed by atoms with Gasteiger partial charge in [-0.25, -0.2) is 15.0 Å². The summed E-state index contributed by atoms with van der Waals surface area (Å²) in [6.45, 7) is 5.98. The maximum Gasteiger partial charge on any atom is 0.427 e. The molecule has 158 valence electrons. The predicted octanol–water partition coefficient (Wildman–Crippen LogP) is 4.43. The van der Waals surface area contributed by atoms with Crippen LogP contribution in [-0.4, -0.2) is 37.2 Å². The van der Waals surface area contributed by atoms with E-state index in [0.717, 1.165) is 11.1 Å². The molecule has 2 amide bonds. The lowest BCUT2D eigenvalue weighted by Crippen LogP contribution is -2.33. The number of carbonyl (C=O) groups excluding carboxylic acids is 2. The summed E-state index contributed by atoms with van der Waals surface area (Å²) in [4.78, 5) is 23.5. The monoisotopic (exact) mass is 409 g/mol. The first-order chi connectivity index (χ1) is 14.3. The van der Waals surface area contributed by atoms with Crippen LogP contribution in [0.3, 0.4) is 0 Å². The quantitative estimate of drug-likeness (QED) is 0.420. The second kappa shape index (κ2) is 9.43. The summed E-state index contributed by atoms with van der Waals surface area (Å²) < 4.78 is 10.5. The van der Waals surface area contributed by atoms with Crippen LogP contribution in [0.2, 0.25) is 0 Å². The van der Waals surface area contributed by atoms with Crippen molar-refractivity contribution in [1.82, 2.24) is 10.7 Å². The topological polar surface area (TPSA) is 89.0 Å². The second-order valence-electron chi connectivity index (χ2n) is 7.97. The molecule has 0 unspecified atom stereocenters. The van der Waals surface area contributed by atoms with Crippen LogP contribution in [0.5, 0.6) is 0 Å². The van der Waals surface area contributed by atoms with Gasteiger partial charge in [-0.15, -0.1) is 0 Å². The first-order valence-electron chi connectivity index (χ1n) is 9.94. The third kappa shape index (κ3) is 5.59. The highest BCUT2D eigenvalue weighted by atomic mass is 16.6. The van der Waals surface area contributed by atoms with Gasteiger partial charge in [-0.1, -0.05) is 48.5 Å². The van der Waals surface area contributed by atoms with Gasteiger partial charge in [0.25, 0.3) is 0 Å². The highest BCUT2D eigenvalue weighted by molar-refractivity contribution is 5.79. The summed E-state index contributed by atoms with van der Waals surface area (Å²) in [5, 5.41) is 6.45. The zero-order valence-corrected chi connectivity index (χ0v) is 17.5. The van der Waals surface area contributed by atoms with Crippen molar-refractivity contribution in [1.29, 1.82) is 0 Å². The van der Waals surface area contributed by atoms with Crippen molar-refractivity contribution in [3.8, 4) is 11.1 Å². The number of benzene rings is 2. The number of hydrazone groups is 1. The third-order valence-electron chi connectivity index (χ3n) is 4.53. The van der Waals surface area contributed by atoms with E-state index in [0.29, 0.717) is 13.0 Å². The van der Waals surface area contributed by atoms with Crippen molar-refractivity contribution in [2.75, 3.05) is 13.2 Å². The maximum atomic E-state index is 12.0. The molecule has 7 heteroatoms. The average Bonchev–Trinajstić information content (AvgIpc) is 3.01. The fourth-order valence-corrected chi connectivity index (χ4v) is 3.35. The smallest absolute Gasteiger partial charge is 0.427 e. The van der Waals surface area contributed by atoms with E-state index < -0.39 is 17.8 Å². The van der Waals surface area contributed by atoms with Crippen LogP contribution < -0.4 is 10.7 Å². The molecule has 2 N–H and O–H groups in total. The number of carbonyl (C=O) groups is 2. The third-order valence-corrected chi connectivity index (χ3v) is 4.53. The largest absolute Gasteiger partial charge is 0.447 e. The molecular formula is C23H27N3O4. The lowest BCUT2D eigenvalue weighted by molar-refractivity contribution is 0.0529. The van der Waals surface area contributed by atoms with Crippen LogP contribution in [-0.2, 0) is 9.47 Å². The number of rotatable bonds is 6. The van der Waals surface area contributed by atoms with E-state index >= 15 is 0 Å². The SMILES string of the molecule is CC(C)(C)OC(=O)NCC/C=N/NC(=O)OCC1c2ccccc2-c2ccccc21. The first kappa shape index (κ1) is 21.4. The lowest BCUT2D eigenvalue weighted by atomic mass is 9.98. The summed E-state index contributed by atoms with van der Waals surface area (Å²) >= 11 is 0. The van der Waals surface area contributed by atoms with E-state index in [2.05, 4.69) is 40.1 Å². The van der Waals surface area contributed by atoms with E-state index in [1.807, 2.05) is 24.3 Å². The highest BCUT2D eigenvalue weighted by Crippen LogP contribution is 2.44. The van der Waals surface area contributed by atoms with E-state index in [-0.39, 0.29) is 12.5 Å². The van der Waals surface area contributed by atoms with Gasteiger partial charge in [0.2, 0.25) is 0 Å². The van der Waals surface area contributed by atoms with Gasteiger partial charge in [0.1, 0.15) is 12.2 Å². The molecule has 2 aromatic carbocycles. The van der Waals surface area contributed by atoms with Crippen molar-refractivity contribution < 1.29 is 19.1 Å². The van der Waals surface area contributed by atoms with Gasteiger partial charge in [-0.3, -0.25) is 0 Å². The summed E-state index contributed by atoms with van der Waals surface area (Å²) in [5.41, 5.74) is 6.48. The second-order valence-corrected chi connectivity index (χ2v) is 7.97. The Labute approximate surface area is 176 Å². The van der Waals surface area contributed by atoms with Crippen LogP contribution in [0.4, 0.5) is 9.59 Å². The molecule has 7 nitrogen and oxygen atoms in total. The Morgan fingerprint density at radius 2 is 1.60 bits per heavy atom. The van der Waals surface area contributed by atoms with E-state index in [9.17, 15) is 9.59 Å². The molecule has 0 fully saturated rings. The van der Waals surface area contributed by atoms with Crippen molar-refractivity contribution in [3.63, 3.8) is 0 Å². The van der Waals surface area contributed by atoms with Crippen LogP contribution in [0.1, 0.15) is 44.2 Å². The Kier molecular flexibility index (Phi) is 6.72. The van der Waals surface area contributed by atoms with Crippen molar-refractivity contribution in [3.05, 3.63) is 59.7 Å². The standard InChI is InChI=1S/C23H27N3O4/c1-23(2,3)30-21(27)24-13-8-14-25-26-22(28)29-15-20-18-11-6-4-9-16(18)17-10-5-7-12-19(17)20/h4-7,9-12,14,20H,8,13,15H2,1-3H3,(H,24,27)(H,26,28)/b25-14+. The zero-order valence-electron chi connectivity index (χ0n) is 17.5. The number of hydrogen-bond donors (Lipinski definition) is 2. The van der Waals surface area contributed by atoms with Crippen LogP contribution in [0.25, 0.3) is 11.1 Å². The van der Waals surface area contributed by atoms with Crippen LogP contribution >= 0.6 is 0 Å². The van der Waals surface area contributed by atoms with Gasteiger partial charge in [0.05, 0.1) is 0 Å². The molecule has 1 aliphatic carbocycles. The Hall–Kier alpha value is -3.35. The van der Waals surface area contributed by atoms with E-state index in [4.69, 9.17) is 9.47 Å². The molecule has 0 heterocycles. The molecule has 1 aliphatic rings. The average molecular weight is 409 g/mol. The summed E-state index contributed by atoms with van der Waals surface area (Å²) in [6, 6.07) is 16.3. The first-order valence-corrected chi connectivity index (χ1v) is 9.94. The summed E-state index contributed by atoms with van der Waals surface area (Å²) in [7, 11) is 0. The fraction of sp³-hybridized carbons (Fsp3) is 0.348. The van der Waals surface area contributed by atoms with Gasteiger partial charge in [0.15, 0.2) is 0 Å². The Bertz CT molecular complexity index is 889. The molecule has 0 bridgehead atoms. The molecule has 3 rings (SSSR count). The number of fused-ring (bicyclic) bond motifs is 3. The lowest BCUT2D eigenvalue weighted by Gasteiger charge is -2.19. The van der Waals surface area contributed by atoms with Gasteiger partial charge in [0, 0.05) is 25.1 Å². The van der Waals surface area contributed by atoms with Crippen molar-refractivity contribution in [2.45, 2.75) is 38.7 Å². The van der Waals surface area contributed by atoms with E-state index in [1.165, 1.54) is 17.3 Å². The Morgan fingerprint density at radius 1 is 1.00 bits per heavy atom. The van der Waals surface area contributed by atoms with Crippen molar-refractivity contribution in [2.24, 2.45) is 5.10 Å². The maximum absolute atomic E-state index is 12.0. The molecule has 0 aromatic heterocycles.